The number of rotatable bonds is 6. The molecule has 0 heterocycles. The zero-order valence-electron chi connectivity index (χ0n) is 12.0. The topological polar surface area (TPSA) is 46.3 Å². The van der Waals surface area contributed by atoms with Crippen LogP contribution in [-0.2, 0) is 10.2 Å². The van der Waals surface area contributed by atoms with Crippen molar-refractivity contribution in [1.82, 2.24) is 4.90 Å². The standard InChI is InChI=1S/C16H24N2O/c1-3-5-12-18(4-2)15(19)16(10-11-16)13-6-8-14(17)9-7-13/h6-9H,3-5,10-12,17H2,1-2H3. The van der Waals surface area contributed by atoms with E-state index < -0.39 is 0 Å². The SMILES string of the molecule is CCCCN(CC)C(=O)C1(c2ccc(N)cc2)CC1. The lowest BCUT2D eigenvalue weighted by Crippen LogP contribution is -2.39. The summed E-state index contributed by atoms with van der Waals surface area (Å²) in [5, 5.41) is 0. The minimum atomic E-state index is -0.253. The van der Waals surface area contributed by atoms with Crippen molar-refractivity contribution in [2.24, 2.45) is 0 Å². The number of hydrogen-bond acceptors (Lipinski definition) is 2. The van der Waals surface area contributed by atoms with Gasteiger partial charge in [0.15, 0.2) is 0 Å². The normalized spacial score (nSPS) is 16.1. The van der Waals surface area contributed by atoms with Crippen molar-refractivity contribution in [3.63, 3.8) is 0 Å². The van der Waals surface area contributed by atoms with Crippen LogP contribution < -0.4 is 5.73 Å². The molecule has 0 radical (unpaired) electrons. The highest BCUT2D eigenvalue weighted by molar-refractivity contribution is 5.91. The lowest BCUT2D eigenvalue weighted by Gasteiger charge is -2.26. The Morgan fingerprint density at radius 2 is 1.89 bits per heavy atom. The predicted molar refractivity (Wildman–Crippen MR) is 78.9 cm³/mol. The number of amides is 1. The Kier molecular flexibility index (Phi) is 4.13. The van der Waals surface area contributed by atoms with Gasteiger partial charge in [0.05, 0.1) is 5.41 Å². The number of unbranched alkanes of at least 4 members (excludes halogenated alkanes) is 1. The highest BCUT2D eigenvalue weighted by Gasteiger charge is 2.52. The van der Waals surface area contributed by atoms with Gasteiger partial charge in [0.1, 0.15) is 0 Å². The van der Waals surface area contributed by atoms with Crippen LogP contribution in [-0.4, -0.2) is 23.9 Å². The summed E-state index contributed by atoms with van der Waals surface area (Å²) in [6.45, 7) is 5.90. The molecule has 0 spiro atoms. The van der Waals surface area contributed by atoms with Crippen LogP contribution >= 0.6 is 0 Å². The van der Waals surface area contributed by atoms with Crippen molar-refractivity contribution in [3.05, 3.63) is 29.8 Å². The molecule has 1 saturated carbocycles. The third-order valence-corrected chi connectivity index (χ3v) is 4.07. The molecule has 2 N–H and O–H groups in total. The van der Waals surface area contributed by atoms with Gasteiger partial charge in [0, 0.05) is 18.8 Å². The van der Waals surface area contributed by atoms with Gasteiger partial charge < -0.3 is 10.6 Å². The van der Waals surface area contributed by atoms with Crippen LogP contribution in [0.2, 0.25) is 0 Å². The van der Waals surface area contributed by atoms with E-state index in [2.05, 4.69) is 13.8 Å². The van der Waals surface area contributed by atoms with Crippen molar-refractivity contribution >= 4 is 11.6 Å². The summed E-state index contributed by atoms with van der Waals surface area (Å²) in [5.74, 6) is 0.299. The van der Waals surface area contributed by atoms with E-state index in [0.717, 1.165) is 50.0 Å². The first-order valence-electron chi connectivity index (χ1n) is 7.29. The number of hydrogen-bond donors (Lipinski definition) is 1. The first kappa shape index (κ1) is 13.9. The smallest absolute Gasteiger partial charge is 0.233 e. The molecular weight excluding hydrogens is 236 g/mol. The molecule has 1 fully saturated rings. The monoisotopic (exact) mass is 260 g/mol. The Bertz CT molecular complexity index is 435. The second-order valence-corrected chi connectivity index (χ2v) is 5.44. The van der Waals surface area contributed by atoms with E-state index in [1.54, 1.807) is 0 Å². The summed E-state index contributed by atoms with van der Waals surface area (Å²) in [7, 11) is 0. The molecule has 0 unspecified atom stereocenters. The summed E-state index contributed by atoms with van der Waals surface area (Å²) in [6, 6.07) is 7.80. The molecule has 2 rings (SSSR count). The average molecular weight is 260 g/mol. The molecule has 104 valence electrons. The van der Waals surface area contributed by atoms with E-state index in [9.17, 15) is 4.79 Å². The number of anilines is 1. The van der Waals surface area contributed by atoms with E-state index in [1.165, 1.54) is 0 Å². The Morgan fingerprint density at radius 1 is 1.26 bits per heavy atom. The number of carbonyl (C=O) groups excluding carboxylic acids is 1. The van der Waals surface area contributed by atoms with E-state index >= 15 is 0 Å². The molecule has 0 aliphatic heterocycles. The molecule has 1 amide bonds. The van der Waals surface area contributed by atoms with Crippen LogP contribution in [0.1, 0.15) is 45.1 Å². The largest absolute Gasteiger partial charge is 0.399 e. The van der Waals surface area contributed by atoms with Gasteiger partial charge in [-0.05, 0) is 43.9 Å². The van der Waals surface area contributed by atoms with Crippen molar-refractivity contribution in [3.8, 4) is 0 Å². The third-order valence-electron chi connectivity index (χ3n) is 4.07. The minimum absolute atomic E-state index is 0.253. The molecule has 1 aromatic rings. The molecule has 1 aliphatic carbocycles. The Labute approximate surface area is 115 Å². The number of likely N-dealkylation sites (N-methyl/N-ethyl adjacent to an activating group) is 1. The van der Waals surface area contributed by atoms with E-state index in [4.69, 9.17) is 5.73 Å². The maximum atomic E-state index is 12.7. The maximum Gasteiger partial charge on any atom is 0.233 e. The van der Waals surface area contributed by atoms with E-state index in [-0.39, 0.29) is 5.41 Å². The van der Waals surface area contributed by atoms with Crippen molar-refractivity contribution in [2.45, 2.75) is 44.9 Å². The second-order valence-electron chi connectivity index (χ2n) is 5.44. The zero-order chi connectivity index (χ0) is 13.9. The van der Waals surface area contributed by atoms with Crippen LogP contribution in [0.5, 0.6) is 0 Å². The molecule has 0 aromatic heterocycles. The highest BCUT2D eigenvalue weighted by atomic mass is 16.2. The number of carbonyl (C=O) groups is 1. The summed E-state index contributed by atoms with van der Waals surface area (Å²) < 4.78 is 0. The van der Waals surface area contributed by atoms with Crippen molar-refractivity contribution in [2.75, 3.05) is 18.8 Å². The fourth-order valence-electron chi connectivity index (χ4n) is 2.61. The van der Waals surface area contributed by atoms with Gasteiger partial charge in [-0.3, -0.25) is 4.79 Å². The van der Waals surface area contributed by atoms with Crippen LogP contribution in [0.15, 0.2) is 24.3 Å². The van der Waals surface area contributed by atoms with Crippen LogP contribution in [0, 0.1) is 0 Å². The second kappa shape index (κ2) is 5.64. The van der Waals surface area contributed by atoms with E-state index in [0.29, 0.717) is 5.91 Å². The van der Waals surface area contributed by atoms with Crippen LogP contribution in [0.4, 0.5) is 5.69 Å². The first-order chi connectivity index (χ1) is 9.14. The number of nitrogens with two attached hydrogens (primary N) is 1. The average Bonchev–Trinajstić information content (AvgIpc) is 3.22. The van der Waals surface area contributed by atoms with Gasteiger partial charge in [-0.25, -0.2) is 0 Å². The highest BCUT2D eigenvalue weighted by Crippen LogP contribution is 2.49. The first-order valence-corrected chi connectivity index (χ1v) is 7.29. The molecule has 1 aliphatic rings. The summed E-state index contributed by atoms with van der Waals surface area (Å²) in [5.41, 5.74) is 7.35. The summed E-state index contributed by atoms with van der Waals surface area (Å²) in [4.78, 5) is 14.8. The molecule has 0 atom stereocenters. The van der Waals surface area contributed by atoms with Gasteiger partial charge in [-0.15, -0.1) is 0 Å². The molecule has 0 bridgehead atoms. The molecule has 3 nitrogen and oxygen atoms in total. The van der Waals surface area contributed by atoms with Gasteiger partial charge >= 0.3 is 0 Å². The molecule has 0 saturated heterocycles. The zero-order valence-corrected chi connectivity index (χ0v) is 12.0. The van der Waals surface area contributed by atoms with Crippen LogP contribution in [0.25, 0.3) is 0 Å². The quantitative estimate of drug-likeness (QED) is 0.799. The third kappa shape index (κ3) is 2.75. The van der Waals surface area contributed by atoms with Gasteiger partial charge in [0.25, 0.3) is 0 Å². The van der Waals surface area contributed by atoms with Crippen molar-refractivity contribution < 1.29 is 4.79 Å². The van der Waals surface area contributed by atoms with Crippen molar-refractivity contribution in [1.29, 1.82) is 0 Å². The summed E-state index contributed by atoms with van der Waals surface area (Å²) in [6.07, 6.45) is 4.15. The molecule has 1 aromatic carbocycles. The van der Waals surface area contributed by atoms with Gasteiger partial charge in [-0.1, -0.05) is 25.5 Å². The predicted octanol–water partition coefficient (Wildman–Crippen LogP) is 2.95. The fourth-order valence-corrected chi connectivity index (χ4v) is 2.61. The molecule has 3 heteroatoms. The number of nitrogen functional groups attached to an aromatic ring is 1. The Balaban J connectivity index is 2.15. The maximum absolute atomic E-state index is 12.7. The summed E-state index contributed by atoms with van der Waals surface area (Å²) >= 11 is 0. The fraction of sp³-hybridized carbons (Fsp3) is 0.562. The minimum Gasteiger partial charge on any atom is -0.399 e. The Morgan fingerprint density at radius 3 is 2.37 bits per heavy atom. The Hall–Kier alpha value is -1.51. The van der Waals surface area contributed by atoms with Gasteiger partial charge in [0.2, 0.25) is 5.91 Å². The van der Waals surface area contributed by atoms with Crippen LogP contribution in [0.3, 0.4) is 0 Å². The van der Waals surface area contributed by atoms with Gasteiger partial charge in [-0.2, -0.15) is 0 Å². The lowest BCUT2D eigenvalue weighted by molar-refractivity contribution is -0.133. The number of nitrogens with zero attached hydrogens (tertiary/aromatic N) is 1. The molecular formula is C16H24N2O. The lowest BCUT2D eigenvalue weighted by atomic mass is 9.94. The molecule has 19 heavy (non-hydrogen) atoms. The number of benzene rings is 1. The van der Waals surface area contributed by atoms with E-state index in [1.807, 2.05) is 29.2 Å².